The Morgan fingerprint density at radius 1 is 1.57 bits per heavy atom. The van der Waals surface area contributed by atoms with Crippen LogP contribution in [-0.4, -0.2) is 21.8 Å². The van der Waals surface area contributed by atoms with Crippen LogP contribution in [-0.2, 0) is 0 Å². The molecule has 1 aliphatic rings. The highest BCUT2D eigenvalue weighted by atomic mass is 32.2. The summed E-state index contributed by atoms with van der Waals surface area (Å²) in [5, 5.41) is 11.8. The molecule has 1 fully saturated rings. The summed E-state index contributed by atoms with van der Waals surface area (Å²) in [6.45, 7) is 0. The minimum absolute atomic E-state index is 0.191. The number of carbonyl (C=O) groups is 1. The molecule has 1 unspecified atom stereocenters. The molecule has 5 heteroatoms. The van der Waals surface area contributed by atoms with Gasteiger partial charge in [-0.3, -0.25) is 0 Å². The van der Waals surface area contributed by atoms with Gasteiger partial charge in [-0.15, -0.1) is 11.3 Å². The van der Waals surface area contributed by atoms with Gasteiger partial charge >= 0.3 is 5.97 Å². The lowest BCUT2D eigenvalue weighted by molar-refractivity contribution is 0.0691. The average molecular weight is 229 g/mol. The van der Waals surface area contributed by atoms with Gasteiger partial charge in [0.25, 0.3) is 0 Å². The molecule has 1 aromatic rings. The number of aromatic nitrogens is 1. The first kappa shape index (κ1) is 9.98. The molecule has 1 atom stereocenters. The van der Waals surface area contributed by atoms with Crippen LogP contribution < -0.4 is 0 Å². The van der Waals surface area contributed by atoms with E-state index in [2.05, 4.69) is 4.98 Å². The van der Waals surface area contributed by atoms with Crippen molar-refractivity contribution in [3.05, 3.63) is 16.1 Å². The van der Waals surface area contributed by atoms with Crippen molar-refractivity contribution in [3.63, 3.8) is 0 Å². The van der Waals surface area contributed by atoms with E-state index >= 15 is 0 Å². The molecule has 2 rings (SSSR count). The van der Waals surface area contributed by atoms with Crippen LogP contribution in [0.15, 0.2) is 5.38 Å². The van der Waals surface area contributed by atoms with Gasteiger partial charge in [-0.25, -0.2) is 9.78 Å². The number of carboxylic acids is 1. The van der Waals surface area contributed by atoms with Crippen LogP contribution in [0, 0.1) is 0 Å². The molecule has 0 radical (unpaired) electrons. The fourth-order valence-electron chi connectivity index (χ4n) is 1.47. The summed E-state index contributed by atoms with van der Waals surface area (Å²) >= 11 is 3.37. The maximum Gasteiger partial charge on any atom is 0.355 e. The Hall–Kier alpha value is -0.550. The van der Waals surface area contributed by atoms with Crippen molar-refractivity contribution >= 4 is 29.1 Å². The minimum Gasteiger partial charge on any atom is -0.476 e. The molecule has 0 aromatic carbocycles. The number of hydrogen-bond acceptors (Lipinski definition) is 4. The van der Waals surface area contributed by atoms with Crippen LogP contribution in [0.4, 0.5) is 0 Å². The molecule has 2 heterocycles. The first-order valence-electron chi connectivity index (χ1n) is 4.57. The first-order chi connectivity index (χ1) is 6.77. The van der Waals surface area contributed by atoms with Gasteiger partial charge in [0, 0.05) is 5.38 Å². The molecular weight excluding hydrogens is 218 g/mol. The Kier molecular flexibility index (Phi) is 3.08. The second-order valence-electron chi connectivity index (χ2n) is 3.23. The highest BCUT2D eigenvalue weighted by Gasteiger charge is 2.20. The fourth-order valence-corrected chi connectivity index (χ4v) is 3.83. The highest BCUT2D eigenvalue weighted by molar-refractivity contribution is 7.99. The monoisotopic (exact) mass is 229 g/mol. The molecule has 0 aliphatic carbocycles. The summed E-state index contributed by atoms with van der Waals surface area (Å²) in [6.07, 6.45) is 3.65. The van der Waals surface area contributed by atoms with E-state index in [1.807, 2.05) is 11.8 Å². The van der Waals surface area contributed by atoms with Crippen molar-refractivity contribution < 1.29 is 9.90 Å². The van der Waals surface area contributed by atoms with E-state index in [1.54, 1.807) is 5.38 Å². The van der Waals surface area contributed by atoms with E-state index in [0.29, 0.717) is 5.25 Å². The Balaban J connectivity index is 2.11. The molecule has 1 N–H and O–H groups in total. The van der Waals surface area contributed by atoms with Gasteiger partial charge in [0.15, 0.2) is 5.69 Å². The Bertz CT molecular complexity index is 331. The Morgan fingerprint density at radius 3 is 3.00 bits per heavy atom. The quantitative estimate of drug-likeness (QED) is 0.847. The summed E-state index contributed by atoms with van der Waals surface area (Å²) in [4.78, 5) is 14.8. The Morgan fingerprint density at radius 2 is 2.43 bits per heavy atom. The van der Waals surface area contributed by atoms with Gasteiger partial charge in [0.1, 0.15) is 5.01 Å². The molecule has 76 valence electrons. The van der Waals surface area contributed by atoms with Gasteiger partial charge < -0.3 is 5.11 Å². The van der Waals surface area contributed by atoms with Crippen LogP contribution >= 0.6 is 23.1 Å². The van der Waals surface area contributed by atoms with Crippen LogP contribution in [0.25, 0.3) is 0 Å². The van der Waals surface area contributed by atoms with E-state index in [4.69, 9.17) is 5.11 Å². The van der Waals surface area contributed by atoms with Crippen molar-refractivity contribution in [2.45, 2.75) is 24.5 Å². The van der Waals surface area contributed by atoms with Crippen molar-refractivity contribution in [1.82, 2.24) is 4.98 Å². The molecule has 1 saturated heterocycles. The lowest BCUT2D eigenvalue weighted by atomic mass is 10.2. The Labute approximate surface area is 90.6 Å². The lowest BCUT2D eigenvalue weighted by Gasteiger charge is -2.18. The van der Waals surface area contributed by atoms with E-state index in [9.17, 15) is 4.79 Å². The molecule has 0 bridgehead atoms. The summed E-state index contributed by atoms with van der Waals surface area (Å²) in [7, 11) is 0. The molecule has 1 aromatic heterocycles. The third-order valence-corrected chi connectivity index (χ3v) is 4.69. The number of carboxylic acid groups (broad SMARTS) is 1. The molecule has 14 heavy (non-hydrogen) atoms. The molecule has 0 spiro atoms. The second kappa shape index (κ2) is 4.31. The van der Waals surface area contributed by atoms with Crippen molar-refractivity contribution in [3.8, 4) is 0 Å². The average Bonchev–Trinajstić information content (AvgIpc) is 2.68. The first-order valence-corrected chi connectivity index (χ1v) is 6.50. The van der Waals surface area contributed by atoms with Crippen molar-refractivity contribution in [2.75, 3.05) is 5.75 Å². The van der Waals surface area contributed by atoms with Gasteiger partial charge in [0.05, 0.1) is 5.25 Å². The van der Waals surface area contributed by atoms with Crippen molar-refractivity contribution in [1.29, 1.82) is 0 Å². The third-order valence-electron chi connectivity index (χ3n) is 2.20. The molecule has 3 nitrogen and oxygen atoms in total. The fraction of sp³-hybridized carbons (Fsp3) is 0.556. The number of thioether (sulfide) groups is 1. The second-order valence-corrected chi connectivity index (χ2v) is 5.43. The maximum atomic E-state index is 10.6. The van der Waals surface area contributed by atoms with Gasteiger partial charge in [-0.1, -0.05) is 6.42 Å². The van der Waals surface area contributed by atoms with Crippen molar-refractivity contribution in [2.24, 2.45) is 0 Å². The molecule has 1 aliphatic heterocycles. The molecular formula is C9H11NO2S2. The van der Waals surface area contributed by atoms with Crippen LogP contribution in [0.3, 0.4) is 0 Å². The minimum atomic E-state index is -0.923. The van der Waals surface area contributed by atoms with Crippen LogP contribution in [0.5, 0.6) is 0 Å². The third kappa shape index (κ3) is 2.09. The van der Waals surface area contributed by atoms with E-state index in [-0.39, 0.29) is 5.69 Å². The summed E-state index contributed by atoms with van der Waals surface area (Å²) in [6, 6.07) is 0. The number of hydrogen-bond donors (Lipinski definition) is 1. The zero-order valence-electron chi connectivity index (χ0n) is 7.60. The zero-order chi connectivity index (χ0) is 9.97. The van der Waals surface area contributed by atoms with E-state index < -0.39 is 5.97 Å². The number of rotatable bonds is 2. The number of thiazole rings is 1. The summed E-state index contributed by atoms with van der Waals surface area (Å²) in [5.41, 5.74) is 0.191. The summed E-state index contributed by atoms with van der Waals surface area (Å²) in [5.74, 6) is 0.250. The topological polar surface area (TPSA) is 50.2 Å². The summed E-state index contributed by atoms with van der Waals surface area (Å²) < 4.78 is 0. The predicted octanol–water partition coefficient (Wildman–Crippen LogP) is 2.80. The predicted molar refractivity (Wildman–Crippen MR) is 58.1 cm³/mol. The van der Waals surface area contributed by atoms with Crippen LogP contribution in [0.2, 0.25) is 0 Å². The smallest absolute Gasteiger partial charge is 0.355 e. The largest absolute Gasteiger partial charge is 0.476 e. The number of aromatic carboxylic acids is 1. The maximum absolute atomic E-state index is 10.6. The number of nitrogens with zero attached hydrogens (tertiary/aromatic N) is 1. The van der Waals surface area contributed by atoms with E-state index in [0.717, 1.165) is 11.4 Å². The SMILES string of the molecule is O=C(O)c1csc(C2CCCCS2)n1. The highest BCUT2D eigenvalue weighted by Crippen LogP contribution is 2.39. The molecule has 0 amide bonds. The lowest BCUT2D eigenvalue weighted by Crippen LogP contribution is -2.03. The van der Waals surface area contributed by atoms with E-state index in [1.165, 1.54) is 29.9 Å². The normalized spacial score (nSPS) is 22.1. The van der Waals surface area contributed by atoms with Crippen LogP contribution in [0.1, 0.15) is 40.0 Å². The van der Waals surface area contributed by atoms with Gasteiger partial charge in [-0.2, -0.15) is 11.8 Å². The zero-order valence-corrected chi connectivity index (χ0v) is 9.24. The van der Waals surface area contributed by atoms with Gasteiger partial charge in [0.2, 0.25) is 0 Å². The van der Waals surface area contributed by atoms with Gasteiger partial charge in [-0.05, 0) is 18.6 Å². The standard InChI is InChI=1S/C9H11NO2S2/c11-9(12)6-5-14-8(10-6)7-3-1-2-4-13-7/h5,7H,1-4H2,(H,11,12). The molecule has 0 saturated carbocycles.